The molecule has 1 heterocycles. The zero-order chi connectivity index (χ0) is 15.4. The van der Waals surface area contributed by atoms with Gasteiger partial charge in [-0.05, 0) is 47.3 Å². The van der Waals surface area contributed by atoms with Gasteiger partial charge in [-0.15, -0.1) is 5.10 Å². The highest BCUT2D eigenvalue weighted by molar-refractivity contribution is 7.99. The minimum atomic E-state index is -0.557. The molecule has 1 amide bonds. The maximum Gasteiger partial charge on any atom is 0.253 e. The first-order valence-corrected chi connectivity index (χ1v) is 7.24. The third-order valence-corrected chi connectivity index (χ3v) is 4.04. The summed E-state index contributed by atoms with van der Waals surface area (Å²) in [5.74, 6) is -0.252. The lowest BCUT2D eigenvalue weighted by Crippen LogP contribution is -2.26. The highest BCUT2D eigenvalue weighted by atomic mass is 35.5. The third-order valence-electron chi connectivity index (χ3n) is 2.70. The van der Waals surface area contributed by atoms with Gasteiger partial charge in [0, 0.05) is 24.1 Å². The fourth-order valence-corrected chi connectivity index (χ4v) is 2.41. The average Bonchev–Trinajstić information content (AvgIpc) is 2.86. The van der Waals surface area contributed by atoms with E-state index in [4.69, 9.17) is 16.3 Å². The SMILES string of the molecule is CO[C@H](C)C(=O)Nc1cc(Cl)ccc1Sc1nnnn1C. The highest BCUT2D eigenvalue weighted by Gasteiger charge is 2.16. The second-order valence-corrected chi connectivity index (χ2v) is 5.64. The van der Waals surface area contributed by atoms with Crippen molar-refractivity contribution in [1.29, 1.82) is 0 Å². The van der Waals surface area contributed by atoms with E-state index in [0.29, 0.717) is 15.9 Å². The lowest BCUT2D eigenvalue weighted by molar-refractivity contribution is -0.124. The van der Waals surface area contributed by atoms with Crippen LogP contribution < -0.4 is 5.32 Å². The molecule has 0 fully saturated rings. The molecule has 0 aliphatic carbocycles. The summed E-state index contributed by atoms with van der Waals surface area (Å²) in [4.78, 5) is 12.7. The van der Waals surface area contributed by atoms with Crippen LogP contribution in [0.15, 0.2) is 28.3 Å². The van der Waals surface area contributed by atoms with Gasteiger partial charge in [-0.25, -0.2) is 4.68 Å². The van der Waals surface area contributed by atoms with Gasteiger partial charge < -0.3 is 10.1 Å². The normalized spacial score (nSPS) is 12.2. The Morgan fingerprint density at radius 2 is 2.29 bits per heavy atom. The summed E-state index contributed by atoms with van der Waals surface area (Å²) in [5.41, 5.74) is 0.587. The summed E-state index contributed by atoms with van der Waals surface area (Å²) in [6.07, 6.45) is -0.557. The Labute approximate surface area is 131 Å². The average molecular weight is 328 g/mol. The predicted molar refractivity (Wildman–Crippen MR) is 79.5 cm³/mol. The van der Waals surface area contributed by atoms with Gasteiger partial charge in [-0.3, -0.25) is 4.79 Å². The number of carbonyl (C=O) groups is 1. The first-order valence-electron chi connectivity index (χ1n) is 6.04. The molecule has 0 aliphatic heterocycles. The summed E-state index contributed by atoms with van der Waals surface area (Å²) >= 11 is 7.32. The van der Waals surface area contributed by atoms with E-state index in [0.717, 1.165) is 4.90 Å². The molecule has 0 bridgehead atoms. The molecule has 1 N–H and O–H groups in total. The van der Waals surface area contributed by atoms with Crippen molar-refractivity contribution in [3.05, 3.63) is 23.2 Å². The Kier molecular flexibility index (Phi) is 5.16. The number of methoxy groups -OCH3 is 1. The third kappa shape index (κ3) is 3.93. The van der Waals surface area contributed by atoms with E-state index >= 15 is 0 Å². The Morgan fingerprint density at radius 3 is 2.90 bits per heavy atom. The molecule has 0 unspecified atom stereocenters. The second-order valence-electron chi connectivity index (χ2n) is 4.19. The van der Waals surface area contributed by atoms with Crippen molar-refractivity contribution in [1.82, 2.24) is 20.2 Å². The number of carbonyl (C=O) groups excluding carboxylic acids is 1. The van der Waals surface area contributed by atoms with E-state index in [2.05, 4.69) is 20.8 Å². The van der Waals surface area contributed by atoms with E-state index < -0.39 is 6.10 Å². The number of rotatable bonds is 5. The van der Waals surface area contributed by atoms with Gasteiger partial charge in [0.15, 0.2) is 0 Å². The molecule has 1 aromatic carbocycles. The van der Waals surface area contributed by atoms with E-state index in [1.807, 2.05) is 0 Å². The van der Waals surface area contributed by atoms with Crippen molar-refractivity contribution >= 4 is 35.0 Å². The van der Waals surface area contributed by atoms with Gasteiger partial charge in [0.05, 0.1) is 5.69 Å². The number of hydrogen-bond acceptors (Lipinski definition) is 6. The molecule has 0 aliphatic rings. The molecule has 112 valence electrons. The Bertz CT molecular complexity index is 648. The number of amides is 1. The van der Waals surface area contributed by atoms with Gasteiger partial charge >= 0.3 is 0 Å². The van der Waals surface area contributed by atoms with Crippen LogP contribution in [-0.2, 0) is 16.6 Å². The van der Waals surface area contributed by atoms with Gasteiger partial charge in [0.1, 0.15) is 6.10 Å². The van der Waals surface area contributed by atoms with Crippen LogP contribution in [0.3, 0.4) is 0 Å². The molecule has 0 spiro atoms. The smallest absolute Gasteiger partial charge is 0.253 e. The number of benzene rings is 1. The minimum absolute atomic E-state index is 0.252. The Hall–Kier alpha value is -1.64. The van der Waals surface area contributed by atoms with Crippen molar-refractivity contribution in [3.63, 3.8) is 0 Å². The van der Waals surface area contributed by atoms with Crippen LogP contribution in [0.4, 0.5) is 5.69 Å². The van der Waals surface area contributed by atoms with Crippen LogP contribution in [0.25, 0.3) is 0 Å². The summed E-state index contributed by atoms with van der Waals surface area (Å²) in [5, 5.41) is 15.2. The number of ether oxygens (including phenoxy) is 1. The number of nitrogens with one attached hydrogen (secondary N) is 1. The summed E-state index contributed by atoms with van der Waals surface area (Å²) < 4.78 is 6.54. The molecular weight excluding hydrogens is 314 g/mol. The summed E-state index contributed by atoms with van der Waals surface area (Å²) in [6, 6.07) is 5.21. The van der Waals surface area contributed by atoms with E-state index in [9.17, 15) is 4.79 Å². The van der Waals surface area contributed by atoms with Crippen LogP contribution in [-0.4, -0.2) is 39.3 Å². The van der Waals surface area contributed by atoms with E-state index in [1.165, 1.54) is 18.9 Å². The van der Waals surface area contributed by atoms with E-state index in [1.54, 1.807) is 36.9 Å². The Balaban J connectivity index is 2.25. The van der Waals surface area contributed by atoms with Crippen molar-refractivity contribution in [2.24, 2.45) is 7.05 Å². The summed E-state index contributed by atoms with van der Waals surface area (Å²) in [6.45, 7) is 1.67. The largest absolute Gasteiger partial charge is 0.372 e. The fourth-order valence-electron chi connectivity index (χ4n) is 1.44. The van der Waals surface area contributed by atoms with Gasteiger partial charge in [0.25, 0.3) is 5.91 Å². The van der Waals surface area contributed by atoms with E-state index in [-0.39, 0.29) is 5.91 Å². The minimum Gasteiger partial charge on any atom is -0.372 e. The number of aryl methyl sites for hydroxylation is 1. The first kappa shape index (κ1) is 15.7. The van der Waals surface area contributed by atoms with Crippen LogP contribution in [0.2, 0.25) is 5.02 Å². The van der Waals surface area contributed by atoms with Crippen molar-refractivity contribution in [2.75, 3.05) is 12.4 Å². The maximum absolute atomic E-state index is 11.9. The molecule has 9 heteroatoms. The second kappa shape index (κ2) is 6.88. The van der Waals surface area contributed by atoms with Crippen molar-refractivity contribution in [2.45, 2.75) is 23.1 Å². The van der Waals surface area contributed by atoms with Crippen molar-refractivity contribution < 1.29 is 9.53 Å². The summed E-state index contributed by atoms with van der Waals surface area (Å²) in [7, 11) is 3.21. The number of anilines is 1. The molecule has 0 saturated heterocycles. The molecule has 1 aromatic heterocycles. The molecule has 2 aromatic rings. The molecule has 0 radical (unpaired) electrons. The number of halogens is 1. The first-order chi connectivity index (χ1) is 10.0. The topological polar surface area (TPSA) is 81.9 Å². The molecule has 2 rings (SSSR count). The number of hydrogen-bond donors (Lipinski definition) is 1. The highest BCUT2D eigenvalue weighted by Crippen LogP contribution is 2.33. The lowest BCUT2D eigenvalue weighted by Gasteiger charge is -2.13. The van der Waals surface area contributed by atoms with Gasteiger partial charge in [-0.1, -0.05) is 11.6 Å². The standard InChI is InChI=1S/C12H14ClN5O2S/c1-7(20-3)11(19)14-9-6-8(13)4-5-10(9)21-12-15-16-17-18(12)2/h4-7H,1-3H3,(H,14,19)/t7-/m1/s1. The number of aromatic nitrogens is 4. The number of nitrogens with zero attached hydrogens (tertiary/aromatic N) is 4. The zero-order valence-corrected chi connectivity index (χ0v) is 13.3. The molecular formula is C12H14ClN5O2S. The maximum atomic E-state index is 11.9. The zero-order valence-electron chi connectivity index (χ0n) is 11.7. The molecule has 0 saturated carbocycles. The van der Waals surface area contributed by atoms with Crippen LogP contribution in [0, 0.1) is 0 Å². The Morgan fingerprint density at radius 1 is 1.52 bits per heavy atom. The van der Waals surface area contributed by atoms with Crippen molar-refractivity contribution in [3.8, 4) is 0 Å². The van der Waals surface area contributed by atoms with Crippen LogP contribution in [0.1, 0.15) is 6.92 Å². The predicted octanol–water partition coefficient (Wildman–Crippen LogP) is 1.99. The monoisotopic (exact) mass is 327 g/mol. The molecule has 21 heavy (non-hydrogen) atoms. The molecule has 1 atom stereocenters. The number of tetrazole rings is 1. The van der Waals surface area contributed by atoms with Crippen LogP contribution in [0.5, 0.6) is 0 Å². The quantitative estimate of drug-likeness (QED) is 0.904. The van der Waals surface area contributed by atoms with Gasteiger partial charge in [0.2, 0.25) is 5.16 Å². The fraction of sp³-hybridized carbons (Fsp3) is 0.333. The lowest BCUT2D eigenvalue weighted by atomic mass is 10.3. The van der Waals surface area contributed by atoms with Gasteiger partial charge in [-0.2, -0.15) is 0 Å². The molecule has 7 nitrogen and oxygen atoms in total. The van der Waals surface area contributed by atoms with Crippen LogP contribution >= 0.6 is 23.4 Å².